The van der Waals surface area contributed by atoms with E-state index in [-0.39, 0.29) is 0 Å². The highest BCUT2D eigenvalue weighted by Gasteiger charge is 2.07. The van der Waals surface area contributed by atoms with Gasteiger partial charge in [0.2, 0.25) is 17.8 Å². The van der Waals surface area contributed by atoms with Crippen LogP contribution in [-0.4, -0.2) is 31.8 Å². The number of nitrogens with zero attached hydrogens (tertiary/aromatic N) is 4. The zero-order valence-corrected chi connectivity index (χ0v) is 13.5. The van der Waals surface area contributed by atoms with Crippen molar-refractivity contribution in [1.82, 2.24) is 25.1 Å². The first-order chi connectivity index (χ1) is 10.7. The van der Waals surface area contributed by atoms with Crippen molar-refractivity contribution >= 4 is 11.9 Å². The molecule has 0 aliphatic heterocycles. The molecule has 0 spiro atoms. The number of hydrogen-bond acceptors (Lipinski definition) is 6. The Kier molecular flexibility index (Phi) is 6.12. The van der Waals surface area contributed by atoms with E-state index in [1.54, 1.807) is 6.07 Å². The monoisotopic (exact) mass is 304 g/mol. The fourth-order valence-electron chi connectivity index (χ4n) is 2.10. The molecule has 0 unspecified atom stereocenters. The molecule has 0 atom stereocenters. The number of aromatic nitrogens is 5. The van der Waals surface area contributed by atoms with Crippen LogP contribution in [0.3, 0.4) is 0 Å². The summed E-state index contributed by atoms with van der Waals surface area (Å²) in [5, 5.41) is 10.1. The summed E-state index contributed by atoms with van der Waals surface area (Å²) >= 11 is 0. The van der Waals surface area contributed by atoms with E-state index in [0.29, 0.717) is 24.4 Å². The normalized spacial score (nSPS) is 10.7. The summed E-state index contributed by atoms with van der Waals surface area (Å²) in [5.74, 6) is 2.36. The smallest absolute Gasteiger partial charge is 0.248 e. The van der Waals surface area contributed by atoms with Crippen LogP contribution in [0.2, 0.25) is 0 Å². The van der Waals surface area contributed by atoms with Gasteiger partial charge in [-0.25, -0.2) is 4.98 Å². The zero-order valence-electron chi connectivity index (χ0n) is 13.5. The maximum absolute atomic E-state index is 5.41. The van der Waals surface area contributed by atoms with Crippen molar-refractivity contribution in [1.29, 1.82) is 0 Å². The number of unbranched alkanes of at least 4 members (excludes halogenated alkanes) is 3. The molecule has 120 valence electrons. The Labute approximate surface area is 130 Å². The molecule has 7 nitrogen and oxygen atoms in total. The van der Waals surface area contributed by atoms with Gasteiger partial charge < -0.3 is 4.74 Å². The summed E-state index contributed by atoms with van der Waals surface area (Å²) in [6, 6.07) is 1.80. The maximum Gasteiger partial charge on any atom is 0.248 e. The molecule has 2 N–H and O–H groups in total. The molecule has 7 heteroatoms. The summed E-state index contributed by atoms with van der Waals surface area (Å²) < 4.78 is 5.41. The van der Waals surface area contributed by atoms with Crippen LogP contribution in [0.15, 0.2) is 6.07 Å². The molecule has 2 aromatic heterocycles. The molecule has 0 amide bonds. The summed E-state index contributed by atoms with van der Waals surface area (Å²) in [5.41, 5.74) is 0.830. The van der Waals surface area contributed by atoms with Gasteiger partial charge in [-0.15, -0.1) is 5.10 Å². The number of hydrogen-bond donors (Lipinski definition) is 2. The Morgan fingerprint density at radius 3 is 2.73 bits per heavy atom. The fraction of sp³-hybridized carbons (Fsp3) is 0.600. The highest BCUT2D eigenvalue weighted by molar-refractivity contribution is 5.43. The minimum Gasteiger partial charge on any atom is -0.478 e. The third-order valence-electron chi connectivity index (χ3n) is 3.15. The third kappa shape index (κ3) is 4.98. The van der Waals surface area contributed by atoms with E-state index in [0.717, 1.165) is 24.4 Å². The lowest BCUT2D eigenvalue weighted by atomic mass is 10.1. The van der Waals surface area contributed by atoms with Gasteiger partial charge >= 0.3 is 0 Å². The van der Waals surface area contributed by atoms with E-state index < -0.39 is 0 Å². The standard InChI is InChI=1S/C15H24N6O/c1-4-6-7-8-9-12-17-15(21-20-12)19-14-16-11(3)10-13(18-14)22-5-2/h10H,4-9H2,1-3H3,(H2,16,17,18,19,20,21). The van der Waals surface area contributed by atoms with E-state index in [2.05, 4.69) is 37.4 Å². The lowest BCUT2D eigenvalue weighted by molar-refractivity contribution is 0.326. The zero-order chi connectivity index (χ0) is 15.8. The van der Waals surface area contributed by atoms with Gasteiger partial charge in [-0.2, -0.15) is 9.97 Å². The molecular weight excluding hydrogens is 280 g/mol. The SMILES string of the molecule is CCCCCCc1nc(Nc2nc(C)cc(OCC)n2)n[nH]1. The van der Waals surface area contributed by atoms with Crippen molar-refractivity contribution < 1.29 is 4.74 Å². The first-order valence-electron chi connectivity index (χ1n) is 7.88. The molecule has 0 radical (unpaired) electrons. The second-order valence-corrected chi connectivity index (χ2v) is 5.15. The minimum absolute atomic E-state index is 0.444. The second-order valence-electron chi connectivity index (χ2n) is 5.15. The molecule has 2 aromatic rings. The number of nitrogens with one attached hydrogen (secondary N) is 2. The highest BCUT2D eigenvalue weighted by Crippen LogP contribution is 2.15. The molecular formula is C15H24N6O. The quantitative estimate of drug-likeness (QED) is 0.692. The van der Waals surface area contributed by atoms with Crippen LogP contribution < -0.4 is 10.1 Å². The van der Waals surface area contributed by atoms with Crippen LogP contribution in [0, 0.1) is 6.92 Å². The van der Waals surface area contributed by atoms with Gasteiger partial charge in [0.05, 0.1) is 6.61 Å². The molecule has 0 aliphatic rings. The molecule has 0 saturated carbocycles. The largest absolute Gasteiger partial charge is 0.478 e. The van der Waals surface area contributed by atoms with Crippen LogP contribution in [0.25, 0.3) is 0 Å². The third-order valence-corrected chi connectivity index (χ3v) is 3.15. The predicted octanol–water partition coefficient (Wildman–Crippen LogP) is 3.17. The van der Waals surface area contributed by atoms with Gasteiger partial charge in [0, 0.05) is 18.2 Å². The van der Waals surface area contributed by atoms with Crippen LogP contribution in [0.5, 0.6) is 5.88 Å². The van der Waals surface area contributed by atoms with Crippen molar-refractivity contribution in [2.24, 2.45) is 0 Å². The van der Waals surface area contributed by atoms with Gasteiger partial charge in [0.15, 0.2) is 0 Å². The van der Waals surface area contributed by atoms with Gasteiger partial charge in [-0.3, -0.25) is 10.4 Å². The van der Waals surface area contributed by atoms with Crippen molar-refractivity contribution in [2.75, 3.05) is 11.9 Å². The Bertz CT molecular complexity index is 583. The average Bonchev–Trinajstić information content (AvgIpc) is 2.91. The Hall–Kier alpha value is -2.18. The Morgan fingerprint density at radius 2 is 1.95 bits per heavy atom. The molecule has 0 saturated heterocycles. The van der Waals surface area contributed by atoms with Gasteiger partial charge in [0.25, 0.3) is 0 Å². The number of aromatic amines is 1. The number of ether oxygens (including phenoxy) is 1. The number of rotatable bonds is 9. The van der Waals surface area contributed by atoms with Crippen molar-refractivity contribution in [2.45, 2.75) is 52.9 Å². The molecule has 0 bridgehead atoms. The highest BCUT2D eigenvalue weighted by atomic mass is 16.5. The summed E-state index contributed by atoms with van der Waals surface area (Å²) in [6.45, 7) is 6.59. The topological polar surface area (TPSA) is 88.6 Å². The van der Waals surface area contributed by atoms with Crippen molar-refractivity contribution in [3.8, 4) is 5.88 Å². The van der Waals surface area contributed by atoms with Crippen LogP contribution in [-0.2, 0) is 6.42 Å². The Morgan fingerprint density at radius 1 is 1.09 bits per heavy atom. The van der Waals surface area contributed by atoms with E-state index in [4.69, 9.17) is 4.74 Å². The van der Waals surface area contributed by atoms with E-state index in [9.17, 15) is 0 Å². The predicted molar refractivity (Wildman–Crippen MR) is 85.4 cm³/mol. The van der Waals surface area contributed by atoms with Gasteiger partial charge in [-0.1, -0.05) is 26.2 Å². The molecule has 0 aliphatic carbocycles. The summed E-state index contributed by atoms with van der Waals surface area (Å²) in [6.07, 6.45) is 5.75. The minimum atomic E-state index is 0.444. The molecule has 0 fully saturated rings. The number of aryl methyl sites for hydroxylation is 2. The van der Waals surface area contributed by atoms with Gasteiger partial charge in [0.1, 0.15) is 5.82 Å². The van der Waals surface area contributed by atoms with Crippen LogP contribution in [0.1, 0.15) is 51.0 Å². The lowest BCUT2D eigenvalue weighted by Crippen LogP contribution is -2.03. The maximum atomic E-state index is 5.41. The van der Waals surface area contributed by atoms with Crippen molar-refractivity contribution in [3.63, 3.8) is 0 Å². The van der Waals surface area contributed by atoms with Crippen molar-refractivity contribution in [3.05, 3.63) is 17.6 Å². The van der Waals surface area contributed by atoms with Gasteiger partial charge in [-0.05, 0) is 20.3 Å². The van der Waals surface area contributed by atoms with Crippen LogP contribution >= 0.6 is 0 Å². The first-order valence-corrected chi connectivity index (χ1v) is 7.88. The van der Waals surface area contributed by atoms with E-state index in [1.165, 1.54) is 19.3 Å². The molecule has 2 rings (SSSR count). The molecule has 22 heavy (non-hydrogen) atoms. The molecule has 0 aromatic carbocycles. The lowest BCUT2D eigenvalue weighted by Gasteiger charge is -2.05. The van der Waals surface area contributed by atoms with E-state index in [1.807, 2.05) is 13.8 Å². The fourth-order valence-corrected chi connectivity index (χ4v) is 2.10. The average molecular weight is 304 g/mol. The van der Waals surface area contributed by atoms with Crippen LogP contribution in [0.4, 0.5) is 11.9 Å². The second kappa shape index (κ2) is 8.31. The molecule has 2 heterocycles. The Balaban J connectivity index is 1.94. The number of H-pyrrole nitrogens is 1. The summed E-state index contributed by atoms with van der Waals surface area (Å²) in [4.78, 5) is 13.0. The summed E-state index contributed by atoms with van der Waals surface area (Å²) in [7, 11) is 0. The first kappa shape index (κ1) is 16.2. The number of anilines is 2. The van der Waals surface area contributed by atoms with E-state index >= 15 is 0 Å².